The lowest BCUT2D eigenvalue weighted by molar-refractivity contribution is -0.119. The third-order valence-corrected chi connectivity index (χ3v) is 6.26. The highest BCUT2D eigenvalue weighted by Crippen LogP contribution is 2.32. The van der Waals surface area contributed by atoms with Gasteiger partial charge >= 0.3 is 5.97 Å². The molecule has 0 saturated heterocycles. The predicted octanol–water partition coefficient (Wildman–Crippen LogP) is 4.83. The standard InChI is InChI=1S/C13H8Br3NO3S/c14-7-3-1-2-4-9(7)17-11(18)6-20-13(19)10-5-8(15)12(16)21-10/h1-5H,6H2,(H,17,18). The first-order chi connectivity index (χ1) is 9.97. The van der Waals surface area contributed by atoms with E-state index in [0.717, 1.165) is 12.7 Å². The normalized spacial score (nSPS) is 10.2. The van der Waals surface area contributed by atoms with E-state index < -0.39 is 11.9 Å². The second-order valence-electron chi connectivity index (χ2n) is 3.84. The molecule has 21 heavy (non-hydrogen) atoms. The topological polar surface area (TPSA) is 55.4 Å². The maximum atomic E-state index is 11.8. The van der Waals surface area contributed by atoms with Gasteiger partial charge in [0, 0.05) is 8.95 Å². The van der Waals surface area contributed by atoms with Gasteiger partial charge in [-0.1, -0.05) is 12.1 Å². The molecule has 0 bridgehead atoms. The molecule has 0 spiro atoms. The van der Waals surface area contributed by atoms with Crippen LogP contribution in [0.5, 0.6) is 0 Å². The minimum absolute atomic E-state index is 0.340. The van der Waals surface area contributed by atoms with Crippen LogP contribution in [0.25, 0.3) is 0 Å². The summed E-state index contributed by atoms with van der Waals surface area (Å²) in [5.41, 5.74) is 0.625. The van der Waals surface area contributed by atoms with Crippen LogP contribution in [0.1, 0.15) is 9.67 Å². The number of ether oxygens (including phenoxy) is 1. The van der Waals surface area contributed by atoms with E-state index in [2.05, 4.69) is 53.1 Å². The summed E-state index contributed by atoms with van der Waals surface area (Å²) < 4.78 is 7.31. The molecule has 1 amide bonds. The number of carbonyl (C=O) groups is 2. The summed E-state index contributed by atoms with van der Waals surface area (Å²) in [5.74, 6) is -0.932. The van der Waals surface area contributed by atoms with Crippen LogP contribution in [0.15, 0.2) is 43.1 Å². The zero-order valence-corrected chi connectivity index (χ0v) is 15.9. The Balaban J connectivity index is 1.89. The minimum Gasteiger partial charge on any atom is -0.451 e. The number of anilines is 1. The summed E-state index contributed by atoms with van der Waals surface area (Å²) in [6.45, 7) is -0.340. The molecule has 0 atom stereocenters. The van der Waals surface area contributed by atoms with Crippen molar-refractivity contribution in [1.29, 1.82) is 0 Å². The molecule has 1 aromatic heterocycles. The van der Waals surface area contributed by atoms with E-state index in [1.807, 2.05) is 12.1 Å². The average Bonchev–Trinajstić information content (AvgIpc) is 2.79. The molecular formula is C13H8Br3NO3S. The second-order valence-corrected chi connectivity index (χ2v) is 7.92. The van der Waals surface area contributed by atoms with Crippen molar-refractivity contribution in [2.75, 3.05) is 11.9 Å². The van der Waals surface area contributed by atoms with Crippen LogP contribution in [-0.4, -0.2) is 18.5 Å². The fourth-order valence-electron chi connectivity index (χ4n) is 1.40. The van der Waals surface area contributed by atoms with Gasteiger partial charge in [0.25, 0.3) is 5.91 Å². The van der Waals surface area contributed by atoms with Gasteiger partial charge in [-0.15, -0.1) is 11.3 Å². The lowest BCUT2D eigenvalue weighted by atomic mass is 10.3. The van der Waals surface area contributed by atoms with Gasteiger partial charge in [-0.2, -0.15) is 0 Å². The number of benzene rings is 1. The molecule has 8 heteroatoms. The molecule has 1 heterocycles. The van der Waals surface area contributed by atoms with Crippen molar-refractivity contribution >= 4 is 76.7 Å². The number of thiophene rings is 1. The number of para-hydroxylation sites is 1. The molecule has 2 aromatic rings. The van der Waals surface area contributed by atoms with Crippen molar-refractivity contribution in [3.05, 3.63) is 47.9 Å². The van der Waals surface area contributed by atoms with Gasteiger partial charge in [0.2, 0.25) is 0 Å². The number of carbonyl (C=O) groups excluding carboxylic acids is 2. The first-order valence-corrected chi connectivity index (χ1v) is 8.83. The van der Waals surface area contributed by atoms with Gasteiger partial charge in [-0.25, -0.2) is 4.79 Å². The summed E-state index contributed by atoms with van der Waals surface area (Å²) >= 11 is 11.1. The molecular weight excluding hydrogens is 490 g/mol. The van der Waals surface area contributed by atoms with E-state index in [9.17, 15) is 9.59 Å². The summed E-state index contributed by atoms with van der Waals surface area (Å²) in [6, 6.07) is 8.84. The smallest absolute Gasteiger partial charge is 0.348 e. The van der Waals surface area contributed by atoms with Crippen LogP contribution in [0.3, 0.4) is 0 Å². The maximum absolute atomic E-state index is 11.8. The van der Waals surface area contributed by atoms with Crippen LogP contribution in [0.4, 0.5) is 5.69 Å². The number of hydrogen-bond acceptors (Lipinski definition) is 4. The van der Waals surface area contributed by atoms with Gasteiger partial charge in [-0.05, 0) is 66.0 Å². The van der Waals surface area contributed by atoms with E-state index >= 15 is 0 Å². The monoisotopic (exact) mass is 495 g/mol. The Bertz CT molecular complexity index is 668. The number of hydrogen-bond donors (Lipinski definition) is 1. The molecule has 0 saturated carbocycles. The maximum Gasteiger partial charge on any atom is 0.348 e. The van der Waals surface area contributed by atoms with Crippen molar-refractivity contribution in [3.8, 4) is 0 Å². The van der Waals surface area contributed by atoms with Crippen molar-refractivity contribution in [1.82, 2.24) is 0 Å². The van der Waals surface area contributed by atoms with E-state index in [4.69, 9.17) is 4.74 Å². The van der Waals surface area contributed by atoms with Crippen molar-refractivity contribution in [2.24, 2.45) is 0 Å². The molecule has 110 valence electrons. The van der Waals surface area contributed by atoms with Crippen molar-refractivity contribution in [2.45, 2.75) is 0 Å². The largest absolute Gasteiger partial charge is 0.451 e. The zero-order chi connectivity index (χ0) is 15.4. The molecule has 0 fully saturated rings. The highest BCUT2D eigenvalue weighted by Gasteiger charge is 2.15. The van der Waals surface area contributed by atoms with Crippen molar-refractivity contribution in [3.63, 3.8) is 0 Å². The van der Waals surface area contributed by atoms with Gasteiger partial charge in [-0.3, -0.25) is 4.79 Å². The summed E-state index contributed by atoms with van der Waals surface area (Å²) in [7, 11) is 0. The molecule has 2 rings (SSSR count). The van der Waals surface area contributed by atoms with Crippen LogP contribution in [-0.2, 0) is 9.53 Å². The molecule has 4 nitrogen and oxygen atoms in total. The molecule has 0 unspecified atom stereocenters. The zero-order valence-electron chi connectivity index (χ0n) is 10.4. The molecule has 1 aromatic carbocycles. The number of esters is 1. The molecule has 0 aliphatic heterocycles. The quantitative estimate of drug-likeness (QED) is 0.615. The SMILES string of the molecule is O=C(COC(=O)c1cc(Br)c(Br)s1)Nc1ccccc1Br. The lowest BCUT2D eigenvalue weighted by Gasteiger charge is -2.07. The second kappa shape index (κ2) is 7.53. The fourth-order valence-corrected chi connectivity index (χ4v) is 3.71. The Labute approximate surface area is 150 Å². The third kappa shape index (κ3) is 4.64. The van der Waals surface area contributed by atoms with E-state index in [1.165, 1.54) is 11.3 Å². The molecule has 0 radical (unpaired) electrons. The van der Waals surface area contributed by atoms with E-state index in [1.54, 1.807) is 18.2 Å². The molecule has 0 aliphatic rings. The first kappa shape index (κ1) is 16.7. The van der Waals surface area contributed by atoms with Gasteiger partial charge in [0.1, 0.15) is 4.88 Å². The number of rotatable bonds is 4. The highest BCUT2D eigenvalue weighted by molar-refractivity contribution is 9.13. The first-order valence-electron chi connectivity index (χ1n) is 5.63. The molecule has 0 aliphatic carbocycles. The Kier molecular flexibility index (Phi) is 5.98. The van der Waals surface area contributed by atoms with Gasteiger partial charge < -0.3 is 10.1 Å². The molecule has 1 N–H and O–H groups in total. The summed E-state index contributed by atoms with van der Waals surface area (Å²) in [6.07, 6.45) is 0. The number of nitrogens with one attached hydrogen (secondary N) is 1. The summed E-state index contributed by atoms with van der Waals surface area (Å²) in [5, 5.41) is 2.66. The number of halogens is 3. The van der Waals surface area contributed by atoms with E-state index in [-0.39, 0.29) is 6.61 Å². The van der Waals surface area contributed by atoms with Crippen LogP contribution >= 0.6 is 59.1 Å². The van der Waals surface area contributed by atoms with Gasteiger partial charge in [0.05, 0.1) is 9.47 Å². The Morgan fingerprint density at radius 2 is 1.86 bits per heavy atom. The lowest BCUT2D eigenvalue weighted by Crippen LogP contribution is -2.20. The van der Waals surface area contributed by atoms with Crippen LogP contribution < -0.4 is 5.32 Å². The van der Waals surface area contributed by atoms with Crippen LogP contribution in [0, 0.1) is 0 Å². The van der Waals surface area contributed by atoms with E-state index in [0.29, 0.717) is 10.6 Å². The Morgan fingerprint density at radius 1 is 1.14 bits per heavy atom. The Morgan fingerprint density at radius 3 is 2.48 bits per heavy atom. The Hall–Kier alpha value is -0.700. The number of amides is 1. The third-order valence-electron chi connectivity index (χ3n) is 2.33. The fraction of sp³-hybridized carbons (Fsp3) is 0.0769. The highest BCUT2D eigenvalue weighted by atomic mass is 79.9. The van der Waals surface area contributed by atoms with Crippen molar-refractivity contribution < 1.29 is 14.3 Å². The van der Waals surface area contributed by atoms with Crippen LogP contribution in [0.2, 0.25) is 0 Å². The minimum atomic E-state index is -0.534. The predicted molar refractivity (Wildman–Crippen MR) is 92.8 cm³/mol. The summed E-state index contributed by atoms with van der Waals surface area (Å²) in [4.78, 5) is 24.0. The average molecular weight is 498 g/mol. The van der Waals surface area contributed by atoms with Gasteiger partial charge in [0.15, 0.2) is 6.61 Å².